The maximum atomic E-state index is 12.7. The number of amides is 1. The molecule has 0 aromatic carbocycles. The van der Waals surface area contributed by atoms with E-state index < -0.39 is 0 Å². The zero-order valence-corrected chi connectivity index (χ0v) is 12.9. The lowest BCUT2D eigenvalue weighted by molar-refractivity contribution is 0.0743. The summed E-state index contributed by atoms with van der Waals surface area (Å²) in [5.41, 5.74) is 1.63. The van der Waals surface area contributed by atoms with E-state index in [1.54, 1.807) is 0 Å². The average Bonchev–Trinajstić information content (AvgIpc) is 2.74. The first-order chi connectivity index (χ1) is 9.51. The number of aromatic nitrogens is 1. The van der Waals surface area contributed by atoms with Crippen LogP contribution in [0.4, 0.5) is 5.82 Å². The summed E-state index contributed by atoms with van der Waals surface area (Å²) in [6, 6.07) is 4.09. The predicted octanol–water partition coefficient (Wildman–Crippen LogP) is 3.08. The maximum absolute atomic E-state index is 12.7. The topological polar surface area (TPSA) is 45.2 Å². The molecule has 4 nitrogen and oxygen atoms in total. The summed E-state index contributed by atoms with van der Waals surface area (Å²) in [6.07, 6.45) is 2.14. The van der Waals surface area contributed by atoms with Gasteiger partial charge in [-0.2, -0.15) is 0 Å². The molecule has 0 spiro atoms. The molecule has 2 unspecified atom stereocenters. The third-order valence-electron chi connectivity index (χ3n) is 3.80. The number of pyridine rings is 1. The number of likely N-dealkylation sites (tertiary alicyclic amines) is 1. The third kappa shape index (κ3) is 3.30. The van der Waals surface area contributed by atoms with Crippen LogP contribution in [0.15, 0.2) is 12.1 Å². The highest BCUT2D eigenvalue weighted by atomic mass is 16.2. The highest BCUT2D eigenvalue weighted by molar-refractivity contribution is 5.95. The number of nitrogens with one attached hydrogen (secondary N) is 1. The van der Waals surface area contributed by atoms with Gasteiger partial charge >= 0.3 is 0 Å². The smallest absolute Gasteiger partial charge is 0.254 e. The van der Waals surface area contributed by atoms with Crippen LogP contribution in [0, 0.1) is 12.8 Å². The Labute approximate surface area is 121 Å². The summed E-state index contributed by atoms with van der Waals surface area (Å²) in [4.78, 5) is 19.1. The first kappa shape index (κ1) is 14.8. The molecule has 2 atom stereocenters. The van der Waals surface area contributed by atoms with Gasteiger partial charge < -0.3 is 10.2 Å². The maximum Gasteiger partial charge on any atom is 0.254 e. The van der Waals surface area contributed by atoms with Gasteiger partial charge in [-0.3, -0.25) is 4.79 Å². The minimum absolute atomic E-state index is 0.131. The molecule has 1 aliphatic heterocycles. The van der Waals surface area contributed by atoms with Gasteiger partial charge in [0.05, 0.1) is 0 Å². The highest BCUT2D eigenvalue weighted by Crippen LogP contribution is 2.25. The summed E-state index contributed by atoms with van der Waals surface area (Å²) >= 11 is 0. The third-order valence-corrected chi connectivity index (χ3v) is 3.80. The minimum atomic E-state index is 0.131. The predicted molar refractivity (Wildman–Crippen MR) is 82.0 cm³/mol. The second kappa shape index (κ2) is 6.25. The van der Waals surface area contributed by atoms with E-state index in [0.29, 0.717) is 12.0 Å². The first-order valence-corrected chi connectivity index (χ1v) is 7.54. The lowest BCUT2D eigenvalue weighted by atomic mass is 10.1. The summed E-state index contributed by atoms with van der Waals surface area (Å²) in [6.45, 7) is 10.1. The molecule has 0 saturated carbocycles. The lowest BCUT2D eigenvalue weighted by Crippen LogP contribution is -2.34. The molecule has 2 rings (SSSR count). The van der Waals surface area contributed by atoms with Crippen molar-refractivity contribution in [1.82, 2.24) is 9.88 Å². The standard InChI is InChI=1S/C16H25N3O/c1-5-6-17-15-9-14(8-12(3)18-15)16(20)19-10-11(2)7-13(19)4/h8-9,11,13H,5-7,10H2,1-4H3,(H,17,18). The van der Waals surface area contributed by atoms with Crippen molar-refractivity contribution in [3.05, 3.63) is 23.4 Å². The normalized spacial score (nSPS) is 22.1. The number of aryl methyl sites for hydroxylation is 1. The van der Waals surface area contributed by atoms with Crippen molar-refractivity contribution >= 4 is 11.7 Å². The van der Waals surface area contributed by atoms with Gasteiger partial charge in [0.15, 0.2) is 0 Å². The number of rotatable bonds is 4. The Hall–Kier alpha value is -1.58. The Morgan fingerprint density at radius 3 is 2.80 bits per heavy atom. The Kier molecular flexibility index (Phi) is 4.63. The first-order valence-electron chi connectivity index (χ1n) is 7.54. The highest BCUT2D eigenvalue weighted by Gasteiger charge is 2.30. The molecule has 1 aliphatic rings. The van der Waals surface area contributed by atoms with Crippen molar-refractivity contribution in [3.63, 3.8) is 0 Å². The van der Waals surface area contributed by atoms with Crippen LogP contribution < -0.4 is 5.32 Å². The quantitative estimate of drug-likeness (QED) is 0.918. The summed E-state index contributed by atoms with van der Waals surface area (Å²) < 4.78 is 0. The number of carbonyl (C=O) groups is 1. The van der Waals surface area contributed by atoms with E-state index in [1.807, 2.05) is 24.0 Å². The monoisotopic (exact) mass is 275 g/mol. The van der Waals surface area contributed by atoms with Gasteiger partial charge in [0.25, 0.3) is 5.91 Å². The van der Waals surface area contributed by atoms with E-state index in [0.717, 1.165) is 43.0 Å². The van der Waals surface area contributed by atoms with Crippen molar-refractivity contribution in [2.45, 2.75) is 46.6 Å². The molecule has 1 saturated heterocycles. The Bertz CT molecular complexity index is 487. The van der Waals surface area contributed by atoms with Crippen LogP contribution in [0.2, 0.25) is 0 Å². The zero-order valence-electron chi connectivity index (χ0n) is 12.9. The van der Waals surface area contributed by atoms with Crippen LogP contribution in [0.25, 0.3) is 0 Å². The van der Waals surface area contributed by atoms with Gasteiger partial charge in [-0.05, 0) is 44.7 Å². The van der Waals surface area contributed by atoms with Crippen molar-refractivity contribution in [1.29, 1.82) is 0 Å². The van der Waals surface area contributed by atoms with E-state index in [-0.39, 0.29) is 5.91 Å². The van der Waals surface area contributed by atoms with Crippen LogP contribution >= 0.6 is 0 Å². The van der Waals surface area contributed by atoms with Gasteiger partial charge in [0.1, 0.15) is 5.82 Å². The van der Waals surface area contributed by atoms with Gasteiger partial charge in [-0.1, -0.05) is 13.8 Å². The number of nitrogens with zero attached hydrogens (tertiary/aromatic N) is 2. The summed E-state index contributed by atoms with van der Waals surface area (Å²) in [5.74, 6) is 1.52. The molecule has 1 aromatic rings. The van der Waals surface area contributed by atoms with E-state index in [2.05, 4.69) is 31.1 Å². The molecule has 1 fully saturated rings. The SMILES string of the molecule is CCCNc1cc(C(=O)N2CC(C)CC2C)cc(C)n1. The van der Waals surface area contributed by atoms with Crippen molar-refractivity contribution in [2.75, 3.05) is 18.4 Å². The number of hydrogen-bond donors (Lipinski definition) is 1. The number of anilines is 1. The fraction of sp³-hybridized carbons (Fsp3) is 0.625. The largest absolute Gasteiger partial charge is 0.370 e. The van der Waals surface area contributed by atoms with Gasteiger partial charge in [-0.25, -0.2) is 4.98 Å². The second-order valence-corrected chi connectivity index (χ2v) is 5.96. The van der Waals surface area contributed by atoms with E-state index >= 15 is 0 Å². The van der Waals surface area contributed by atoms with Crippen molar-refractivity contribution in [2.24, 2.45) is 5.92 Å². The fourth-order valence-corrected chi connectivity index (χ4v) is 2.88. The number of carbonyl (C=O) groups excluding carboxylic acids is 1. The molecule has 4 heteroatoms. The molecule has 110 valence electrons. The number of hydrogen-bond acceptors (Lipinski definition) is 3. The molecule has 1 amide bonds. The molecule has 0 radical (unpaired) electrons. The Morgan fingerprint density at radius 2 is 2.20 bits per heavy atom. The van der Waals surface area contributed by atoms with Crippen LogP contribution in [0.3, 0.4) is 0 Å². The van der Waals surface area contributed by atoms with E-state index in [9.17, 15) is 4.79 Å². The minimum Gasteiger partial charge on any atom is -0.370 e. The van der Waals surface area contributed by atoms with Crippen LogP contribution in [0.5, 0.6) is 0 Å². The van der Waals surface area contributed by atoms with Crippen LogP contribution in [0.1, 0.15) is 49.7 Å². The van der Waals surface area contributed by atoms with Gasteiger partial charge in [-0.15, -0.1) is 0 Å². The van der Waals surface area contributed by atoms with E-state index in [1.165, 1.54) is 0 Å². The molecule has 1 aromatic heterocycles. The molecular weight excluding hydrogens is 250 g/mol. The average molecular weight is 275 g/mol. The molecular formula is C16H25N3O. The lowest BCUT2D eigenvalue weighted by Gasteiger charge is -2.22. The molecule has 0 aliphatic carbocycles. The van der Waals surface area contributed by atoms with Crippen molar-refractivity contribution < 1.29 is 4.79 Å². The van der Waals surface area contributed by atoms with E-state index in [4.69, 9.17) is 0 Å². The molecule has 0 bridgehead atoms. The zero-order chi connectivity index (χ0) is 14.7. The molecule has 20 heavy (non-hydrogen) atoms. The summed E-state index contributed by atoms with van der Waals surface area (Å²) in [7, 11) is 0. The van der Waals surface area contributed by atoms with Crippen LogP contribution in [-0.4, -0.2) is 34.9 Å². The summed E-state index contributed by atoms with van der Waals surface area (Å²) in [5, 5.41) is 3.26. The Balaban J connectivity index is 2.19. The fourth-order valence-electron chi connectivity index (χ4n) is 2.88. The second-order valence-electron chi connectivity index (χ2n) is 5.96. The van der Waals surface area contributed by atoms with Gasteiger partial charge in [0, 0.05) is 30.4 Å². The van der Waals surface area contributed by atoms with Crippen molar-refractivity contribution in [3.8, 4) is 0 Å². The molecule has 2 heterocycles. The Morgan fingerprint density at radius 1 is 1.45 bits per heavy atom. The molecule has 1 N–H and O–H groups in total. The van der Waals surface area contributed by atoms with Crippen LogP contribution in [-0.2, 0) is 0 Å². The van der Waals surface area contributed by atoms with Gasteiger partial charge in [0.2, 0.25) is 0 Å².